The predicted molar refractivity (Wildman–Crippen MR) is 108 cm³/mol. The van der Waals surface area contributed by atoms with E-state index in [0.717, 1.165) is 54.2 Å². The van der Waals surface area contributed by atoms with Gasteiger partial charge in [-0.05, 0) is 51.3 Å². The monoisotopic (exact) mass is 386 g/mol. The first-order valence-corrected chi connectivity index (χ1v) is 10.6. The van der Waals surface area contributed by atoms with E-state index in [1.165, 1.54) is 23.3 Å². The van der Waals surface area contributed by atoms with Crippen LogP contribution in [0.4, 0.5) is 0 Å². The standard InChI is InChI=1S/C19H26N6OS/c1-4-24(5-2)11-10-20-18(26)16-22-17-15-13-8-6-7-9-14(13)27-19(15)21-12(3)25(17)23-16/h4-11H2,1-3H3,(H,20,26). The largest absolute Gasteiger partial charge is 0.348 e. The van der Waals surface area contributed by atoms with Gasteiger partial charge < -0.3 is 10.2 Å². The number of thiophene rings is 1. The van der Waals surface area contributed by atoms with Crippen molar-refractivity contribution in [3.05, 3.63) is 22.1 Å². The van der Waals surface area contributed by atoms with Gasteiger partial charge in [0.2, 0.25) is 5.82 Å². The second kappa shape index (κ2) is 7.52. The second-order valence-corrected chi connectivity index (χ2v) is 8.09. The van der Waals surface area contributed by atoms with Crippen LogP contribution in [0.3, 0.4) is 0 Å². The van der Waals surface area contributed by atoms with Crippen LogP contribution in [0, 0.1) is 6.92 Å². The smallest absolute Gasteiger partial charge is 0.291 e. The van der Waals surface area contributed by atoms with Crippen molar-refractivity contribution in [2.75, 3.05) is 26.2 Å². The quantitative estimate of drug-likeness (QED) is 0.705. The van der Waals surface area contributed by atoms with Gasteiger partial charge in [0.15, 0.2) is 5.65 Å². The van der Waals surface area contributed by atoms with Gasteiger partial charge in [0.25, 0.3) is 5.91 Å². The maximum Gasteiger partial charge on any atom is 0.291 e. The molecule has 0 fully saturated rings. The van der Waals surface area contributed by atoms with Crippen molar-refractivity contribution in [2.45, 2.75) is 46.5 Å². The zero-order chi connectivity index (χ0) is 19.0. The van der Waals surface area contributed by atoms with Crippen LogP contribution in [0.1, 0.15) is 53.6 Å². The molecule has 0 saturated heterocycles. The number of nitrogens with one attached hydrogen (secondary N) is 1. The molecule has 7 nitrogen and oxygen atoms in total. The number of carbonyl (C=O) groups excluding carboxylic acids is 1. The fraction of sp³-hybridized carbons (Fsp3) is 0.579. The molecule has 0 saturated carbocycles. The van der Waals surface area contributed by atoms with Gasteiger partial charge in [0, 0.05) is 18.0 Å². The van der Waals surface area contributed by atoms with Crippen LogP contribution in [0.25, 0.3) is 15.9 Å². The summed E-state index contributed by atoms with van der Waals surface area (Å²) >= 11 is 1.77. The summed E-state index contributed by atoms with van der Waals surface area (Å²) in [5.41, 5.74) is 2.13. The van der Waals surface area contributed by atoms with Crippen molar-refractivity contribution in [1.29, 1.82) is 0 Å². The van der Waals surface area contributed by atoms with Gasteiger partial charge >= 0.3 is 0 Å². The SMILES string of the molecule is CCN(CC)CCNC(=O)c1nc2c3c4c(sc3nc(C)n2n1)CCCC4. The summed E-state index contributed by atoms with van der Waals surface area (Å²) in [6.07, 6.45) is 4.62. The van der Waals surface area contributed by atoms with Gasteiger partial charge in [-0.25, -0.2) is 9.97 Å². The number of carbonyl (C=O) groups is 1. The number of amides is 1. The Morgan fingerprint density at radius 1 is 1.22 bits per heavy atom. The van der Waals surface area contributed by atoms with E-state index in [1.54, 1.807) is 15.9 Å². The number of aryl methyl sites for hydroxylation is 3. The van der Waals surface area contributed by atoms with Crippen molar-refractivity contribution >= 4 is 33.1 Å². The Hall–Kier alpha value is -2.06. The van der Waals surface area contributed by atoms with Gasteiger partial charge in [-0.1, -0.05) is 13.8 Å². The number of likely N-dealkylation sites (N-methyl/N-ethyl adjacent to an activating group) is 1. The Kier molecular flexibility index (Phi) is 5.10. The molecule has 27 heavy (non-hydrogen) atoms. The van der Waals surface area contributed by atoms with E-state index < -0.39 is 0 Å². The molecule has 0 unspecified atom stereocenters. The number of fused-ring (bicyclic) bond motifs is 5. The highest BCUT2D eigenvalue weighted by Crippen LogP contribution is 2.37. The molecule has 0 aliphatic heterocycles. The average molecular weight is 387 g/mol. The van der Waals surface area contributed by atoms with E-state index in [-0.39, 0.29) is 11.7 Å². The summed E-state index contributed by atoms with van der Waals surface area (Å²) < 4.78 is 1.73. The zero-order valence-electron chi connectivity index (χ0n) is 16.2. The molecule has 4 rings (SSSR count). The summed E-state index contributed by atoms with van der Waals surface area (Å²) in [5, 5.41) is 8.49. The summed E-state index contributed by atoms with van der Waals surface area (Å²) in [5.74, 6) is 0.774. The highest BCUT2D eigenvalue weighted by molar-refractivity contribution is 7.19. The highest BCUT2D eigenvalue weighted by atomic mass is 32.1. The molecule has 0 spiro atoms. The molecule has 3 aromatic rings. The maximum atomic E-state index is 12.6. The van der Waals surface area contributed by atoms with Crippen molar-refractivity contribution < 1.29 is 4.79 Å². The molecule has 144 valence electrons. The minimum atomic E-state index is -0.220. The van der Waals surface area contributed by atoms with E-state index in [0.29, 0.717) is 6.54 Å². The van der Waals surface area contributed by atoms with Gasteiger partial charge in [-0.15, -0.1) is 16.4 Å². The lowest BCUT2D eigenvalue weighted by Crippen LogP contribution is -2.35. The molecule has 0 radical (unpaired) electrons. The van der Waals surface area contributed by atoms with E-state index in [4.69, 9.17) is 4.98 Å². The maximum absolute atomic E-state index is 12.6. The highest BCUT2D eigenvalue weighted by Gasteiger charge is 2.23. The number of nitrogens with zero attached hydrogens (tertiary/aromatic N) is 5. The number of hydrogen-bond donors (Lipinski definition) is 1. The Labute approximate surface area is 162 Å². The lowest BCUT2D eigenvalue weighted by Gasteiger charge is -2.17. The summed E-state index contributed by atoms with van der Waals surface area (Å²) in [6.45, 7) is 9.54. The third-order valence-electron chi connectivity index (χ3n) is 5.36. The van der Waals surface area contributed by atoms with Crippen LogP contribution < -0.4 is 5.32 Å². The Morgan fingerprint density at radius 2 is 2.00 bits per heavy atom. The molecule has 3 aromatic heterocycles. The fourth-order valence-electron chi connectivity index (χ4n) is 3.80. The molecule has 0 bridgehead atoms. The van der Waals surface area contributed by atoms with Crippen LogP contribution in [0.2, 0.25) is 0 Å². The molecular formula is C19H26N6OS. The molecule has 1 N–H and O–H groups in total. The van der Waals surface area contributed by atoms with Gasteiger partial charge in [0.1, 0.15) is 10.7 Å². The minimum Gasteiger partial charge on any atom is -0.348 e. The normalized spacial score (nSPS) is 14.2. The first kappa shape index (κ1) is 18.3. The van der Waals surface area contributed by atoms with Crippen LogP contribution in [0.5, 0.6) is 0 Å². The second-order valence-electron chi connectivity index (χ2n) is 7.00. The lowest BCUT2D eigenvalue weighted by molar-refractivity contribution is 0.0939. The molecule has 8 heteroatoms. The lowest BCUT2D eigenvalue weighted by atomic mass is 9.97. The molecule has 1 amide bonds. The fourth-order valence-corrected chi connectivity index (χ4v) is 5.10. The van der Waals surface area contributed by atoms with Crippen molar-refractivity contribution in [1.82, 2.24) is 29.8 Å². The van der Waals surface area contributed by atoms with Crippen molar-refractivity contribution in [2.24, 2.45) is 0 Å². The summed E-state index contributed by atoms with van der Waals surface area (Å²) in [6, 6.07) is 0. The number of rotatable bonds is 6. The third-order valence-corrected chi connectivity index (χ3v) is 6.55. The Morgan fingerprint density at radius 3 is 2.78 bits per heavy atom. The van der Waals surface area contributed by atoms with Crippen LogP contribution in [-0.4, -0.2) is 56.6 Å². The van der Waals surface area contributed by atoms with Crippen LogP contribution in [-0.2, 0) is 12.8 Å². The average Bonchev–Trinajstić information content (AvgIpc) is 3.26. The van der Waals surface area contributed by atoms with Gasteiger partial charge in [0.05, 0.1) is 5.39 Å². The zero-order valence-corrected chi connectivity index (χ0v) is 17.0. The van der Waals surface area contributed by atoms with Gasteiger partial charge in [-0.2, -0.15) is 4.52 Å². The minimum absolute atomic E-state index is 0.220. The van der Waals surface area contributed by atoms with E-state index >= 15 is 0 Å². The van der Waals surface area contributed by atoms with E-state index in [9.17, 15) is 4.79 Å². The van der Waals surface area contributed by atoms with Gasteiger partial charge in [-0.3, -0.25) is 4.79 Å². The first-order valence-electron chi connectivity index (χ1n) is 9.80. The Balaban J connectivity index is 1.65. The molecule has 0 atom stereocenters. The van der Waals surface area contributed by atoms with E-state index in [1.807, 2.05) is 6.92 Å². The Bertz CT molecular complexity index is 987. The molecule has 3 heterocycles. The summed E-state index contributed by atoms with van der Waals surface area (Å²) in [7, 11) is 0. The van der Waals surface area contributed by atoms with Crippen molar-refractivity contribution in [3.8, 4) is 0 Å². The molecule has 1 aliphatic carbocycles. The van der Waals surface area contributed by atoms with Crippen LogP contribution in [0.15, 0.2) is 0 Å². The predicted octanol–water partition coefficient (Wildman–Crippen LogP) is 2.60. The topological polar surface area (TPSA) is 75.4 Å². The summed E-state index contributed by atoms with van der Waals surface area (Å²) in [4.78, 5) is 26.6. The third kappa shape index (κ3) is 3.32. The number of aromatic nitrogens is 4. The molecule has 0 aromatic carbocycles. The molecular weight excluding hydrogens is 360 g/mol. The van der Waals surface area contributed by atoms with Crippen LogP contribution >= 0.6 is 11.3 Å². The van der Waals surface area contributed by atoms with E-state index in [2.05, 4.69) is 34.1 Å². The first-order chi connectivity index (χ1) is 13.1. The molecule has 1 aliphatic rings. The number of hydrogen-bond acceptors (Lipinski definition) is 6. The van der Waals surface area contributed by atoms with Crippen molar-refractivity contribution in [3.63, 3.8) is 0 Å².